The van der Waals surface area contributed by atoms with Crippen molar-refractivity contribution in [1.29, 1.82) is 0 Å². The minimum Gasteiger partial charge on any atom is -0.462 e. The van der Waals surface area contributed by atoms with E-state index < -0.39 is 29.7 Å². The van der Waals surface area contributed by atoms with Crippen LogP contribution in [0.2, 0.25) is 0 Å². The van der Waals surface area contributed by atoms with E-state index in [9.17, 15) is 28.8 Å². The fraction of sp³-hybridized carbons (Fsp3) is 0.486. The smallest absolute Gasteiger partial charge is 0.338 e. The summed E-state index contributed by atoms with van der Waals surface area (Å²) in [5, 5.41) is 9.86. The summed E-state index contributed by atoms with van der Waals surface area (Å²) in [6.45, 7) is 3.25. The fourth-order valence-electron chi connectivity index (χ4n) is 8.05. The van der Waals surface area contributed by atoms with E-state index in [1.165, 1.54) is 4.68 Å². The molecule has 15 heteroatoms. The Morgan fingerprint density at radius 3 is 2.48 bits per heavy atom. The van der Waals surface area contributed by atoms with E-state index >= 15 is 0 Å². The molecule has 0 radical (unpaired) electrons. The van der Waals surface area contributed by atoms with E-state index in [4.69, 9.17) is 4.74 Å². The second-order valence-corrected chi connectivity index (χ2v) is 15.2. The van der Waals surface area contributed by atoms with Gasteiger partial charge >= 0.3 is 5.97 Å². The van der Waals surface area contributed by atoms with E-state index in [-0.39, 0.29) is 48.9 Å². The number of carbonyl (C=O) groups excluding carboxylic acids is 5. The zero-order valence-corrected chi connectivity index (χ0v) is 30.8. The summed E-state index contributed by atoms with van der Waals surface area (Å²) in [7, 11) is 3.68. The molecule has 1 aromatic carbocycles. The van der Waals surface area contributed by atoms with Crippen LogP contribution in [0.5, 0.6) is 0 Å². The van der Waals surface area contributed by atoms with Crippen LogP contribution in [0.4, 0.5) is 5.69 Å². The number of nitrogens with one attached hydrogen (secondary N) is 2. The summed E-state index contributed by atoms with van der Waals surface area (Å²) in [5.41, 5.74) is 3.62. The van der Waals surface area contributed by atoms with Crippen LogP contribution < -0.4 is 16.2 Å². The number of ether oxygens (including phenoxy) is 1. The summed E-state index contributed by atoms with van der Waals surface area (Å²) in [5.74, 6) is -1.91. The highest BCUT2D eigenvalue weighted by atomic mass is 79.9. The van der Waals surface area contributed by atoms with Crippen LogP contribution in [0, 0.1) is 5.92 Å². The highest BCUT2D eigenvalue weighted by Crippen LogP contribution is 2.38. The Morgan fingerprint density at radius 1 is 1.00 bits per heavy atom. The number of aryl methyl sites for hydroxylation is 1. The summed E-state index contributed by atoms with van der Waals surface area (Å²) in [4.78, 5) is 81.8. The van der Waals surface area contributed by atoms with Gasteiger partial charge in [0, 0.05) is 57.0 Å². The predicted molar refractivity (Wildman–Crippen MR) is 193 cm³/mol. The van der Waals surface area contributed by atoms with E-state index in [0.29, 0.717) is 52.8 Å². The van der Waals surface area contributed by atoms with Crippen molar-refractivity contribution in [1.82, 2.24) is 29.8 Å². The number of likely N-dealkylation sites (tertiary alicyclic amines) is 2. The van der Waals surface area contributed by atoms with Gasteiger partial charge in [-0.15, -0.1) is 0 Å². The van der Waals surface area contributed by atoms with Gasteiger partial charge in [-0.1, -0.05) is 18.2 Å². The molecule has 2 N–H and O–H groups in total. The molecule has 0 saturated carbocycles. The van der Waals surface area contributed by atoms with Crippen molar-refractivity contribution in [3.63, 3.8) is 0 Å². The zero-order valence-electron chi connectivity index (χ0n) is 29.2. The van der Waals surface area contributed by atoms with Crippen molar-refractivity contribution >= 4 is 51.2 Å². The third-order valence-corrected chi connectivity index (χ3v) is 11.6. The number of anilines is 1. The van der Waals surface area contributed by atoms with Crippen molar-refractivity contribution in [2.75, 3.05) is 45.2 Å². The van der Waals surface area contributed by atoms with Crippen molar-refractivity contribution in [2.24, 2.45) is 13.0 Å². The normalized spacial score (nSPS) is 24.5. The Bertz CT molecular complexity index is 1930. The SMILES string of the molecule is CN1CC(Nc2cnn(C)c(=O)c2Br)CC(c2ccc(C(=O)OCC3CCN(C4=CCCC5=C4C(=O)N(C4CCC(=O)NC4=O)C5=O)CC3)cc2)C1. The molecule has 3 saturated heterocycles. The van der Waals surface area contributed by atoms with Crippen LogP contribution in [0.1, 0.15) is 66.8 Å². The third-order valence-electron chi connectivity index (χ3n) is 10.8. The molecule has 1 aliphatic carbocycles. The van der Waals surface area contributed by atoms with E-state index in [1.807, 2.05) is 30.3 Å². The van der Waals surface area contributed by atoms with Crippen molar-refractivity contribution < 1.29 is 28.7 Å². The van der Waals surface area contributed by atoms with Gasteiger partial charge in [0.1, 0.15) is 10.5 Å². The number of esters is 1. The first-order valence-corrected chi connectivity index (χ1v) is 18.6. The number of hydrogen-bond acceptors (Lipinski definition) is 11. The largest absolute Gasteiger partial charge is 0.462 e. The maximum atomic E-state index is 13.6. The highest BCUT2D eigenvalue weighted by molar-refractivity contribution is 9.10. The first kappa shape index (κ1) is 35.8. The monoisotopic (exact) mass is 775 g/mol. The Morgan fingerprint density at radius 2 is 1.75 bits per heavy atom. The number of nitrogens with zero attached hydrogens (tertiary/aromatic N) is 5. The molecule has 52 heavy (non-hydrogen) atoms. The molecule has 5 heterocycles. The fourth-order valence-corrected chi connectivity index (χ4v) is 8.52. The summed E-state index contributed by atoms with van der Waals surface area (Å²) in [6, 6.07) is 6.73. The molecule has 1 aromatic heterocycles. The van der Waals surface area contributed by atoms with E-state index in [0.717, 1.165) is 48.5 Å². The molecule has 4 amide bonds. The Labute approximate surface area is 309 Å². The van der Waals surface area contributed by atoms with Gasteiger partial charge in [-0.2, -0.15) is 5.10 Å². The number of halogens is 1. The molecule has 14 nitrogen and oxygen atoms in total. The lowest BCUT2D eigenvalue weighted by Crippen LogP contribution is -2.54. The molecular weight excluding hydrogens is 734 g/mol. The van der Waals surface area contributed by atoms with Gasteiger partial charge in [0.25, 0.3) is 17.4 Å². The minimum absolute atomic E-state index is 0.0823. The number of hydrogen-bond donors (Lipinski definition) is 2. The van der Waals surface area contributed by atoms with Crippen LogP contribution in [0.25, 0.3) is 0 Å². The summed E-state index contributed by atoms with van der Waals surface area (Å²) in [6.07, 6.45) is 7.26. The van der Waals surface area contributed by atoms with Crippen molar-refractivity contribution in [2.45, 2.75) is 62.9 Å². The topological polar surface area (TPSA) is 163 Å². The van der Waals surface area contributed by atoms with Gasteiger partial charge in [0.15, 0.2) is 0 Å². The third kappa shape index (κ3) is 7.07. The highest BCUT2D eigenvalue weighted by Gasteiger charge is 2.48. The predicted octanol–water partition coefficient (Wildman–Crippen LogP) is 2.46. The van der Waals surface area contributed by atoms with Crippen LogP contribution >= 0.6 is 15.9 Å². The average Bonchev–Trinajstić information content (AvgIpc) is 3.39. The van der Waals surface area contributed by atoms with Crippen molar-refractivity contribution in [3.8, 4) is 0 Å². The maximum Gasteiger partial charge on any atom is 0.338 e. The van der Waals surface area contributed by atoms with Crippen LogP contribution in [-0.4, -0.2) is 106 Å². The van der Waals surface area contributed by atoms with Gasteiger partial charge in [0.2, 0.25) is 11.8 Å². The lowest BCUT2D eigenvalue weighted by atomic mass is 9.88. The molecule has 3 fully saturated rings. The van der Waals surface area contributed by atoms with E-state index in [2.05, 4.69) is 48.5 Å². The molecule has 0 bridgehead atoms. The number of likely N-dealkylation sites (N-methyl/N-ethyl adjacent to an activating group) is 1. The van der Waals surface area contributed by atoms with Crippen molar-refractivity contribution in [3.05, 3.63) is 79.3 Å². The number of allylic oxidation sites excluding steroid dienone is 1. The first-order chi connectivity index (χ1) is 25.0. The number of aromatic nitrogens is 2. The van der Waals surface area contributed by atoms with Gasteiger partial charge in [0.05, 0.1) is 29.6 Å². The molecule has 7 rings (SSSR count). The Balaban J connectivity index is 0.905. The molecule has 3 atom stereocenters. The van der Waals surface area contributed by atoms with Gasteiger partial charge < -0.3 is 19.9 Å². The number of rotatable bonds is 8. The quantitative estimate of drug-likeness (QED) is 0.299. The number of piperidine rings is 3. The molecule has 2 aromatic rings. The number of imide groups is 2. The molecule has 5 aliphatic rings. The Hall–Kier alpha value is -4.63. The van der Waals surface area contributed by atoms with Gasteiger partial charge in [-0.3, -0.25) is 34.2 Å². The summed E-state index contributed by atoms with van der Waals surface area (Å²) < 4.78 is 7.50. The van der Waals surface area contributed by atoms with E-state index in [1.54, 1.807) is 13.2 Å². The average molecular weight is 777 g/mol. The molecule has 0 spiro atoms. The number of carbonyl (C=O) groups is 5. The van der Waals surface area contributed by atoms with Crippen LogP contribution in [0.3, 0.4) is 0 Å². The first-order valence-electron chi connectivity index (χ1n) is 17.8. The number of benzene rings is 1. The lowest BCUT2D eigenvalue weighted by molar-refractivity contribution is -0.150. The van der Waals surface area contributed by atoms with Crippen LogP contribution in [0.15, 0.2) is 62.6 Å². The standard InChI is InChI=1S/C37H42BrN7O7/c1-42-18-24(16-25(19-42)40-27-17-39-43(2)36(50)32(27)38)22-6-8-23(9-7-22)37(51)52-20-21-12-14-44(15-13-21)28-5-3-4-26-31(28)35(49)45(34(26)48)29-10-11-30(46)41-33(29)47/h5-9,17,21,24-25,29,40H,3-4,10-16,18-20H2,1-2H3,(H,41,46,47). The molecule has 274 valence electrons. The molecule has 3 unspecified atom stereocenters. The second-order valence-electron chi connectivity index (χ2n) is 14.4. The lowest BCUT2D eigenvalue weighted by Gasteiger charge is -2.37. The summed E-state index contributed by atoms with van der Waals surface area (Å²) >= 11 is 3.40. The van der Waals surface area contributed by atoms with Gasteiger partial charge in [-0.05, 0) is 91.0 Å². The molecule has 4 aliphatic heterocycles. The zero-order chi connectivity index (χ0) is 36.7. The Kier molecular flexibility index (Phi) is 10.2. The van der Waals surface area contributed by atoms with Gasteiger partial charge in [-0.25, -0.2) is 9.48 Å². The maximum absolute atomic E-state index is 13.6. The minimum atomic E-state index is -0.982. The molecular formula is C37H42BrN7O7. The number of amides is 4. The van der Waals surface area contributed by atoms with Crippen LogP contribution in [-0.2, 0) is 31.0 Å². The second kappa shape index (κ2) is 14.8.